The van der Waals surface area contributed by atoms with Crippen molar-refractivity contribution in [2.24, 2.45) is 11.7 Å². The van der Waals surface area contributed by atoms with Gasteiger partial charge in [0.05, 0.1) is 6.61 Å². The largest absolute Gasteiger partial charge is 0.464 e. The maximum Gasteiger partial charge on any atom is 0.326 e. The first-order valence-electron chi connectivity index (χ1n) is 5.54. The summed E-state index contributed by atoms with van der Waals surface area (Å²) in [4.78, 5) is 11.7. The van der Waals surface area contributed by atoms with E-state index in [-0.39, 0.29) is 5.97 Å². The molecule has 1 rings (SSSR count). The van der Waals surface area contributed by atoms with Gasteiger partial charge in [-0.15, -0.1) is 0 Å². The zero-order valence-electron chi connectivity index (χ0n) is 9.21. The summed E-state index contributed by atoms with van der Waals surface area (Å²) in [7, 11) is 0. The molecule has 3 heteroatoms. The lowest BCUT2D eigenvalue weighted by Crippen LogP contribution is -2.52. The van der Waals surface area contributed by atoms with Gasteiger partial charge in [-0.25, -0.2) is 0 Å². The third kappa shape index (κ3) is 2.71. The molecule has 1 fully saturated rings. The van der Waals surface area contributed by atoms with Crippen molar-refractivity contribution in [2.75, 3.05) is 6.61 Å². The van der Waals surface area contributed by atoms with Crippen LogP contribution in [0.1, 0.15) is 46.0 Å². The third-order valence-electron chi connectivity index (χ3n) is 2.88. The van der Waals surface area contributed by atoms with E-state index in [1.807, 2.05) is 6.92 Å². The monoisotopic (exact) mass is 199 g/mol. The molecule has 2 N–H and O–H groups in total. The Hall–Kier alpha value is -0.570. The van der Waals surface area contributed by atoms with E-state index in [1.54, 1.807) is 0 Å². The van der Waals surface area contributed by atoms with Gasteiger partial charge in [-0.1, -0.05) is 26.7 Å². The lowest BCUT2D eigenvalue weighted by molar-refractivity contribution is -0.152. The van der Waals surface area contributed by atoms with Gasteiger partial charge < -0.3 is 10.5 Å². The predicted molar refractivity (Wildman–Crippen MR) is 55.8 cm³/mol. The molecular formula is C11H21NO2. The molecule has 2 atom stereocenters. The minimum Gasteiger partial charge on any atom is -0.464 e. The van der Waals surface area contributed by atoms with Crippen LogP contribution >= 0.6 is 0 Å². The number of rotatable bonds is 3. The Labute approximate surface area is 86.0 Å². The molecule has 2 unspecified atom stereocenters. The summed E-state index contributed by atoms with van der Waals surface area (Å²) < 4.78 is 5.12. The van der Waals surface area contributed by atoms with E-state index in [1.165, 1.54) is 6.42 Å². The molecule has 0 aromatic carbocycles. The van der Waals surface area contributed by atoms with E-state index < -0.39 is 5.54 Å². The number of carbonyl (C=O) groups is 1. The molecule has 14 heavy (non-hydrogen) atoms. The average Bonchev–Trinajstić information content (AvgIpc) is 2.13. The Balaban J connectivity index is 2.50. The van der Waals surface area contributed by atoms with Crippen molar-refractivity contribution < 1.29 is 9.53 Å². The van der Waals surface area contributed by atoms with Crippen LogP contribution < -0.4 is 5.73 Å². The average molecular weight is 199 g/mol. The van der Waals surface area contributed by atoms with Crippen LogP contribution in [-0.4, -0.2) is 18.1 Å². The molecule has 0 aromatic rings. The fraction of sp³-hybridized carbons (Fsp3) is 0.909. The van der Waals surface area contributed by atoms with Crippen molar-refractivity contribution in [3.8, 4) is 0 Å². The Kier molecular flexibility index (Phi) is 3.93. The van der Waals surface area contributed by atoms with Gasteiger partial charge in [-0.05, 0) is 25.2 Å². The summed E-state index contributed by atoms with van der Waals surface area (Å²) in [6.07, 6.45) is 4.63. The molecule has 3 nitrogen and oxygen atoms in total. The van der Waals surface area contributed by atoms with Crippen LogP contribution in [0.3, 0.4) is 0 Å². The van der Waals surface area contributed by atoms with Crippen LogP contribution in [0.5, 0.6) is 0 Å². The SMILES string of the molecule is CCCOC(=O)C1(N)CCCC(C)C1. The highest BCUT2D eigenvalue weighted by atomic mass is 16.5. The van der Waals surface area contributed by atoms with Crippen molar-refractivity contribution in [2.45, 2.75) is 51.5 Å². The molecule has 0 amide bonds. The summed E-state index contributed by atoms with van der Waals surface area (Å²) in [6, 6.07) is 0. The first-order chi connectivity index (χ1) is 6.58. The quantitative estimate of drug-likeness (QED) is 0.706. The summed E-state index contributed by atoms with van der Waals surface area (Å²) in [5, 5.41) is 0. The van der Waals surface area contributed by atoms with Crippen molar-refractivity contribution in [3.05, 3.63) is 0 Å². The Morgan fingerprint density at radius 1 is 1.64 bits per heavy atom. The number of nitrogens with two attached hydrogens (primary N) is 1. The van der Waals surface area contributed by atoms with Gasteiger partial charge in [-0.3, -0.25) is 4.79 Å². The number of hydrogen-bond acceptors (Lipinski definition) is 3. The second-order valence-corrected chi connectivity index (χ2v) is 4.49. The first kappa shape index (κ1) is 11.5. The summed E-state index contributed by atoms with van der Waals surface area (Å²) >= 11 is 0. The summed E-state index contributed by atoms with van der Waals surface area (Å²) in [5.41, 5.74) is 5.36. The van der Waals surface area contributed by atoms with Crippen LogP contribution in [0.15, 0.2) is 0 Å². The van der Waals surface area contributed by atoms with Gasteiger partial charge in [0.2, 0.25) is 0 Å². The molecule has 82 valence electrons. The molecule has 1 aliphatic carbocycles. The second kappa shape index (κ2) is 4.78. The van der Waals surface area contributed by atoms with E-state index in [0.29, 0.717) is 12.5 Å². The second-order valence-electron chi connectivity index (χ2n) is 4.49. The van der Waals surface area contributed by atoms with Gasteiger partial charge in [-0.2, -0.15) is 0 Å². The van der Waals surface area contributed by atoms with Crippen molar-refractivity contribution >= 4 is 5.97 Å². The summed E-state index contributed by atoms with van der Waals surface area (Å²) in [5.74, 6) is 0.342. The third-order valence-corrected chi connectivity index (χ3v) is 2.88. The topological polar surface area (TPSA) is 52.3 Å². The van der Waals surface area contributed by atoms with Crippen LogP contribution in [0, 0.1) is 5.92 Å². The fourth-order valence-corrected chi connectivity index (χ4v) is 2.12. The minimum absolute atomic E-state index is 0.203. The molecule has 0 heterocycles. The molecule has 0 spiro atoms. The summed E-state index contributed by atoms with van der Waals surface area (Å²) in [6.45, 7) is 4.63. The predicted octanol–water partition coefficient (Wildman–Crippen LogP) is 1.85. The number of ether oxygens (including phenoxy) is 1. The zero-order chi connectivity index (χ0) is 10.6. The first-order valence-corrected chi connectivity index (χ1v) is 5.54. The minimum atomic E-state index is -0.702. The molecule has 1 aliphatic rings. The zero-order valence-corrected chi connectivity index (χ0v) is 9.21. The van der Waals surface area contributed by atoms with Gasteiger partial charge in [0.25, 0.3) is 0 Å². The highest BCUT2D eigenvalue weighted by molar-refractivity contribution is 5.80. The normalized spacial score (nSPS) is 32.6. The van der Waals surface area contributed by atoms with Crippen molar-refractivity contribution in [1.29, 1.82) is 0 Å². The molecule has 0 bridgehead atoms. The Bertz CT molecular complexity index is 205. The lowest BCUT2D eigenvalue weighted by Gasteiger charge is -2.34. The molecule has 0 aromatic heterocycles. The van der Waals surface area contributed by atoms with E-state index >= 15 is 0 Å². The highest BCUT2D eigenvalue weighted by Gasteiger charge is 2.39. The Morgan fingerprint density at radius 2 is 2.36 bits per heavy atom. The van der Waals surface area contributed by atoms with Crippen molar-refractivity contribution in [3.63, 3.8) is 0 Å². The molecular weight excluding hydrogens is 178 g/mol. The van der Waals surface area contributed by atoms with E-state index in [2.05, 4.69) is 6.92 Å². The Morgan fingerprint density at radius 3 is 2.93 bits per heavy atom. The smallest absolute Gasteiger partial charge is 0.326 e. The lowest BCUT2D eigenvalue weighted by atomic mass is 9.77. The van der Waals surface area contributed by atoms with Crippen LogP contribution in [0.2, 0.25) is 0 Å². The van der Waals surface area contributed by atoms with Crippen molar-refractivity contribution in [1.82, 2.24) is 0 Å². The van der Waals surface area contributed by atoms with E-state index in [9.17, 15) is 4.79 Å². The molecule has 0 saturated heterocycles. The van der Waals surface area contributed by atoms with Crippen LogP contribution in [0.25, 0.3) is 0 Å². The van der Waals surface area contributed by atoms with Crippen LogP contribution in [0.4, 0.5) is 0 Å². The van der Waals surface area contributed by atoms with Gasteiger partial charge in [0.15, 0.2) is 0 Å². The van der Waals surface area contributed by atoms with Gasteiger partial charge in [0.1, 0.15) is 5.54 Å². The number of hydrogen-bond donors (Lipinski definition) is 1. The molecule has 1 saturated carbocycles. The number of carbonyl (C=O) groups excluding carboxylic acids is 1. The van der Waals surface area contributed by atoms with E-state index in [4.69, 9.17) is 10.5 Å². The fourth-order valence-electron chi connectivity index (χ4n) is 2.12. The molecule has 0 aliphatic heterocycles. The highest BCUT2D eigenvalue weighted by Crippen LogP contribution is 2.31. The maximum atomic E-state index is 11.7. The van der Waals surface area contributed by atoms with Gasteiger partial charge >= 0.3 is 5.97 Å². The van der Waals surface area contributed by atoms with Crippen LogP contribution in [-0.2, 0) is 9.53 Å². The standard InChI is InChI=1S/C11H21NO2/c1-3-7-14-10(13)11(12)6-4-5-9(2)8-11/h9H,3-8,12H2,1-2H3. The molecule has 0 radical (unpaired) electrons. The van der Waals surface area contributed by atoms with E-state index in [0.717, 1.165) is 25.7 Å². The number of esters is 1. The van der Waals surface area contributed by atoms with Gasteiger partial charge in [0, 0.05) is 0 Å². The maximum absolute atomic E-state index is 11.7.